The maximum atomic E-state index is 5.57. The molecule has 0 bridgehead atoms. The second kappa shape index (κ2) is 10.0. The Kier molecular flexibility index (Phi) is 6.83. The Morgan fingerprint density at radius 1 is 1.06 bits per heavy atom. The first-order valence-electron chi connectivity index (χ1n) is 11.6. The molecule has 2 aromatic heterocycles. The summed E-state index contributed by atoms with van der Waals surface area (Å²) < 4.78 is 19.3. The summed E-state index contributed by atoms with van der Waals surface area (Å²) in [6.45, 7) is 4.67. The maximum absolute atomic E-state index is 5.57. The van der Waals surface area contributed by atoms with Crippen molar-refractivity contribution in [3.05, 3.63) is 45.3 Å². The molecule has 1 aliphatic heterocycles. The Hall–Kier alpha value is -2.86. The van der Waals surface area contributed by atoms with Crippen molar-refractivity contribution in [2.45, 2.75) is 25.8 Å². The molecule has 0 amide bonds. The van der Waals surface area contributed by atoms with Gasteiger partial charge in [-0.05, 0) is 59.7 Å². The Morgan fingerprint density at radius 3 is 2.63 bits per heavy atom. The number of piperidine rings is 1. The fourth-order valence-corrected chi connectivity index (χ4v) is 5.28. The van der Waals surface area contributed by atoms with Gasteiger partial charge in [-0.1, -0.05) is 6.92 Å². The number of ether oxygens (including phenoxy) is 3. The van der Waals surface area contributed by atoms with Gasteiger partial charge < -0.3 is 24.8 Å². The highest BCUT2D eigenvalue weighted by Gasteiger charge is 2.25. The van der Waals surface area contributed by atoms with Crippen LogP contribution < -0.4 is 24.8 Å². The third kappa shape index (κ3) is 4.68. The summed E-state index contributed by atoms with van der Waals surface area (Å²) >= 11 is 2.28. The minimum atomic E-state index is 0.264. The van der Waals surface area contributed by atoms with Crippen LogP contribution in [0.3, 0.4) is 0 Å². The Bertz CT molecular complexity index is 1370. The van der Waals surface area contributed by atoms with Crippen LogP contribution in [0.5, 0.6) is 17.2 Å². The number of fused-ring (bicyclic) bond motifs is 3. The van der Waals surface area contributed by atoms with E-state index in [4.69, 9.17) is 29.3 Å². The van der Waals surface area contributed by atoms with Gasteiger partial charge in [-0.15, -0.1) is 5.10 Å². The molecule has 2 atom stereocenters. The van der Waals surface area contributed by atoms with Crippen LogP contribution >= 0.6 is 22.6 Å². The molecular formula is C25H29IN6O3. The van der Waals surface area contributed by atoms with Crippen molar-refractivity contribution in [3.63, 3.8) is 0 Å². The van der Waals surface area contributed by atoms with Crippen molar-refractivity contribution in [2.24, 2.45) is 5.92 Å². The molecule has 2 N–H and O–H groups in total. The van der Waals surface area contributed by atoms with Crippen LogP contribution in [0, 0.1) is 9.49 Å². The van der Waals surface area contributed by atoms with Gasteiger partial charge in [-0.2, -0.15) is 4.52 Å². The lowest BCUT2D eigenvalue weighted by Crippen LogP contribution is -2.34. The molecule has 10 heteroatoms. The molecule has 184 valence electrons. The van der Waals surface area contributed by atoms with Gasteiger partial charge in [0.05, 0.1) is 30.4 Å². The lowest BCUT2D eigenvalue weighted by Gasteiger charge is -2.25. The quantitative estimate of drug-likeness (QED) is 0.310. The van der Waals surface area contributed by atoms with E-state index >= 15 is 0 Å². The summed E-state index contributed by atoms with van der Waals surface area (Å²) in [6.07, 6.45) is 1.06. The minimum Gasteiger partial charge on any atom is -0.497 e. The van der Waals surface area contributed by atoms with E-state index in [0.717, 1.165) is 68.3 Å². The largest absolute Gasteiger partial charge is 0.497 e. The molecule has 35 heavy (non-hydrogen) atoms. The average molecular weight is 588 g/mol. The molecule has 1 aliphatic rings. The molecule has 2 unspecified atom stereocenters. The lowest BCUT2D eigenvalue weighted by atomic mass is 9.91. The SMILES string of the molecule is COc1ccc(CNc2nc3cc(OC)c(I)cc3c3nc(C4CNCC(C)C4)nn23)c(OC)c1. The van der Waals surface area contributed by atoms with Crippen LogP contribution in [0.2, 0.25) is 0 Å². The highest BCUT2D eigenvalue weighted by Crippen LogP contribution is 2.32. The molecule has 3 heterocycles. The number of methoxy groups -OCH3 is 3. The topological polar surface area (TPSA) is 94.8 Å². The summed E-state index contributed by atoms with van der Waals surface area (Å²) in [6, 6.07) is 9.79. The second-order valence-electron chi connectivity index (χ2n) is 8.87. The van der Waals surface area contributed by atoms with Gasteiger partial charge >= 0.3 is 0 Å². The van der Waals surface area contributed by atoms with Crippen molar-refractivity contribution in [3.8, 4) is 17.2 Å². The third-order valence-electron chi connectivity index (χ3n) is 6.43. The highest BCUT2D eigenvalue weighted by atomic mass is 127. The molecule has 0 radical (unpaired) electrons. The van der Waals surface area contributed by atoms with Gasteiger partial charge in [-0.25, -0.2) is 9.97 Å². The molecular weight excluding hydrogens is 559 g/mol. The molecule has 1 saturated heterocycles. The number of nitrogens with one attached hydrogen (secondary N) is 2. The number of hydrogen-bond acceptors (Lipinski definition) is 8. The molecule has 0 saturated carbocycles. The van der Waals surface area contributed by atoms with E-state index in [1.807, 2.05) is 28.8 Å². The van der Waals surface area contributed by atoms with E-state index in [1.165, 1.54) is 0 Å². The molecule has 4 aromatic rings. The molecule has 9 nitrogen and oxygen atoms in total. The van der Waals surface area contributed by atoms with Crippen LogP contribution in [0.4, 0.5) is 5.95 Å². The molecule has 2 aromatic carbocycles. The van der Waals surface area contributed by atoms with Gasteiger partial charge in [0, 0.05) is 42.1 Å². The van der Waals surface area contributed by atoms with Crippen molar-refractivity contribution in [1.29, 1.82) is 0 Å². The predicted octanol–water partition coefficient (Wildman–Crippen LogP) is 4.23. The second-order valence-corrected chi connectivity index (χ2v) is 10.0. The summed E-state index contributed by atoms with van der Waals surface area (Å²) in [4.78, 5) is 9.93. The monoisotopic (exact) mass is 588 g/mol. The van der Waals surface area contributed by atoms with E-state index in [0.29, 0.717) is 18.4 Å². The summed E-state index contributed by atoms with van der Waals surface area (Å²) in [7, 11) is 4.97. The van der Waals surface area contributed by atoms with Crippen LogP contribution in [0.15, 0.2) is 30.3 Å². The van der Waals surface area contributed by atoms with Crippen LogP contribution in [0.1, 0.15) is 30.7 Å². The standard InChI is InChI=1S/C25H29IN6O3/c1-14-7-16(12-27-11-14)23-30-24-18-9-19(26)22(35-4)10-20(18)29-25(32(24)31-23)28-13-15-5-6-17(33-2)8-21(15)34-3/h5-6,8-10,14,16,27H,7,11-13H2,1-4H3,(H,28,29). The smallest absolute Gasteiger partial charge is 0.226 e. The summed E-state index contributed by atoms with van der Waals surface area (Å²) in [5.41, 5.74) is 2.57. The van der Waals surface area contributed by atoms with E-state index in [-0.39, 0.29) is 5.92 Å². The average Bonchev–Trinajstić information content (AvgIpc) is 3.33. The maximum Gasteiger partial charge on any atom is 0.226 e. The number of aromatic nitrogens is 4. The highest BCUT2D eigenvalue weighted by molar-refractivity contribution is 14.1. The molecule has 1 fully saturated rings. The zero-order valence-electron chi connectivity index (χ0n) is 20.3. The predicted molar refractivity (Wildman–Crippen MR) is 144 cm³/mol. The normalized spacial score (nSPS) is 18.1. The number of anilines is 1. The van der Waals surface area contributed by atoms with Gasteiger partial charge in [0.2, 0.25) is 5.95 Å². The van der Waals surface area contributed by atoms with Crippen molar-refractivity contribution < 1.29 is 14.2 Å². The third-order valence-corrected chi connectivity index (χ3v) is 7.27. The van der Waals surface area contributed by atoms with Gasteiger partial charge in [0.1, 0.15) is 17.2 Å². The Labute approximate surface area is 217 Å². The van der Waals surface area contributed by atoms with Gasteiger partial charge in [0.25, 0.3) is 0 Å². The number of benzene rings is 2. The van der Waals surface area contributed by atoms with Gasteiger partial charge in [0.15, 0.2) is 11.5 Å². The Balaban J connectivity index is 1.59. The number of hydrogen-bond donors (Lipinski definition) is 2. The molecule has 0 aliphatic carbocycles. The van der Waals surface area contributed by atoms with Crippen molar-refractivity contribution in [1.82, 2.24) is 24.9 Å². The van der Waals surface area contributed by atoms with Crippen molar-refractivity contribution in [2.75, 3.05) is 39.7 Å². The summed E-state index contributed by atoms with van der Waals surface area (Å²) in [5, 5.41) is 12.8. The van der Waals surface area contributed by atoms with E-state index in [2.05, 4.69) is 46.2 Å². The van der Waals surface area contributed by atoms with Crippen LogP contribution in [-0.2, 0) is 6.54 Å². The van der Waals surface area contributed by atoms with Gasteiger partial charge in [-0.3, -0.25) is 0 Å². The fourth-order valence-electron chi connectivity index (χ4n) is 4.59. The zero-order valence-corrected chi connectivity index (χ0v) is 22.4. The van der Waals surface area contributed by atoms with E-state index < -0.39 is 0 Å². The first-order chi connectivity index (χ1) is 17.0. The zero-order chi connectivity index (χ0) is 24.5. The number of halogens is 1. The van der Waals surface area contributed by atoms with Crippen LogP contribution in [0.25, 0.3) is 16.6 Å². The Morgan fingerprint density at radius 2 is 1.89 bits per heavy atom. The van der Waals surface area contributed by atoms with E-state index in [1.54, 1.807) is 21.3 Å². The molecule has 0 spiro atoms. The number of nitrogens with zero attached hydrogens (tertiary/aromatic N) is 4. The van der Waals surface area contributed by atoms with E-state index in [9.17, 15) is 0 Å². The fraction of sp³-hybridized carbons (Fsp3) is 0.400. The first-order valence-corrected chi connectivity index (χ1v) is 12.7. The minimum absolute atomic E-state index is 0.264. The summed E-state index contributed by atoms with van der Waals surface area (Å²) in [5.74, 6) is 4.57. The lowest BCUT2D eigenvalue weighted by molar-refractivity contribution is 0.355. The molecule has 5 rings (SSSR count). The van der Waals surface area contributed by atoms with Crippen molar-refractivity contribution >= 4 is 45.1 Å². The first kappa shape index (κ1) is 23.9. The van der Waals surface area contributed by atoms with Crippen LogP contribution in [-0.4, -0.2) is 54.0 Å². The number of rotatable bonds is 7.